The van der Waals surface area contributed by atoms with Crippen molar-refractivity contribution in [2.24, 2.45) is 0 Å². The largest absolute Gasteiger partial charge is 0.483 e. The summed E-state index contributed by atoms with van der Waals surface area (Å²) in [7, 11) is 0. The molecule has 1 atom stereocenters. The molecule has 0 heterocycles. The molecular formula is C21H26N2O4. The second kappa shape index (κ2) is 9.62. The Balaban J connectivity index is 1.77. The van der Waals surface area contributed by atoms with Gasteiger partial charge in [0, 0.05) is 0 Å². The summed E-state index contributed by atoms with van der Waals surface area (Å²) in [5.41, 5.74) is 7.76. The zero-order valence-electron chi connectivity index (χ0n) is 16.2. The lowest BCUT2D eigenvalue weighted by Gasteiger charge is -2.16. The van der Waals surface area contributed by atoms with Gasteiger partial charge >= 0.3 is 0 Å². The molecule has 0 saturated carbocycles. The number of hydrogen-bond donors (Lipinski definition) is 2. The number of benzene rings is 2. The molecule has 0 spiro atoms. The van der Waals surface area contributed by atoms with Gasteiger partial charge in [0.15, 0.2) is 12.7 Å². The first-order chi connectivity index (χ1) is 12.9. The topological polar surface area (TPSA) is 76.7 Å². The van der Waals surface area contributed by atoms with Crippen LogP contribution in [0.15, 0.2) is 42.5 Å². The van der Waals surface area contributed by atoms with Crippen LogP contribution in [0.1, 0.15) is 30.5 Å². The maximum absolute atomic E-state index is 12.1. The van der Waals surface area contributed by atoms with E-state index in [2.05, 4.69) is 17.8 Å². The number of carbonyl (C=O) groups is 2. The predicted molar refractivity (Wildman–Crippen MR) is 104 cm³/mol. The van der Waals surface area contributed by atoms with E-state index in [1.54, 1.807) is 6.92 Å². The van der Waals surface area contributed by atoms with Gasteiger partial charge in [0.05, 0.1) is 0 Å². The molecule has 0 unspecified atom stereocenters. The average molecular weight is 370 g/mol. The minimum absolute atomic E-state index is 0.195. The first-order valence-corrected chi connectivity index (χ1v) is 8.94. The number of rotatable bonds is 7. The predicted octanol–water partition coefficient (Wildman–Crippen LogP) is 2.86. The van der Waals surface area contributed by atoms with Crippen LogP contribution in [0.2, 0.25) is 0 Å². The van der Waals surface area contributed by atoms with Crippen molar-refractivity contribution in [3.05, 3.63) is 59.2 Å². The van der Waals surface area contributed by atoms with Gasteiger partial charge in [-0.2, -0.15) is 0 Å². The molecule has 2 rings (SSSR count). The van der Waals surface area contributed by atoms with Crippen molar-refractivity contribution < 1.29 is 19.1 Å². The van der Waals surface area contributed by atoms with Gasteiger partial charge in [0.1, 0.15) is 11.5 Å². The molecule has 0 aliphatic heterocycles. The van der Waals surface area contributed by atoms with Crippen molar-refractivity contribution in [3.63, 3.8) is 0 Å². The Kier molecular flexibility index (Phi) is 7.23. The quantitative estimate of drug-likeness (QED) is 0.735. The van der Waals surface area contributed by atoms with E-state index in [9.17, 15) is 9.59 Å². The molecule has 27 heavy (non-hydrogen) atoms. The van der Waals surface area contributed by atoms with Gasteiger partial charge in [0.25, 0.3) is 11.8 Å². The first-order valence-electron chi connectivity index (χ1n) is 8.94. The third-order valence-electron chi connectivity index (χ3n) is 4.10. The first kappa shape index (κ1) is 20.3. The van der Waals surface area contributed by atoms with Gasteiger partial charge < -0.3 is 9.47 Å². The van der Waals surface area contributed by atoms with Crippen LogP contribution in [0.25, 0.3) is 0 Å². The van der Waals surface area contributed by atoms with Crippen molar-refractivity contribution in [2.75, 3.05) is 6.61 Å². The number of hydrogen-bond acceptors (Lipinski definition) is 4. The number of ether oxygens (including phenoxy) is 2. The van der Waals surface area contributed by atoms with Crippen LogP contribution in [0.3, 0.4) is 0 Å². The van der Waals surface area contributed by atoms with Crippen LogP contribution < -0.4 is 20.3 Å². The van der Waals surface area contributed by atoms with Crippen molar-refractivity contribution in [3.8, 4) is 11.5 Å². The maximum atomic E-state index is 12.1. The van der Waals surface area contributed by atoms with Crippen molar-refractivity contribution >= 4 is 11.8 Å². The number of carbonyl (C=O) groups excluding carboxylic acids is 2. The molecule has 6 nitrogen and oxygen atoms in total. The third kappa shape index (κ3) is 6.02. The van der Waals surface area contributed by atoms with Gasteiger partial charge in [0.2, 0.25) is 0 Å². The average Bonchev–Trinajstić information content (AvgIpc) is 2.66. The maximum Gasteiger partial charge on any atom is 0.279 e. The minimum atomic E-state index is -0.752. The van der Waals surface area contributed by atoms with E-state index >= 15 is 0 Å². The van der Waals surface area contributed by atoms with Gasteiger partial charge in [-0.15, -0.1) is 0 Å². The Labute approximate surface area is 159 Å². The molecule has 2 aromatic rings. The van der Waals surface area contributed by atoms with Crippen molar-refractivity contribution in [1.82, 2.24) is 10.9 Å². The second-order valence-corrected chi connectivity index (χ2v) is 6.30. The SMILES string of the molecule is CCc1ccc(O[C@H](C)C(=O)NNC(=O)COc2c(C)cccc2C)cc1. The normalized spacial score (nSPS) is 11.4. The van der Waals surface area contributed by atoms with Crippen LogP contribution in [0.5, 0.6) is 11.5 Å². The molecule has 0 radical (unpaired) electrons. The lowest BCUT2D eigenvalue weighted by Crippen LogP contribution is -2.48. The second-order valence-electron chi connectivity index (χ2n) is 6.30. The fraction of sp³-hybridized carbons (Fsp3) is 0.333. The Morgan fingerprint density at radius 1 is 1.00 bits per heavy atom. The van der Waals surface area contributed by atoms with E-state index in [1.165, 1.54) is 5.56 Å². The van der Waals surface area contributed by atoms with Gasteiger partial charge in [-0.3, -0.25) is 20.4 Å². The molecule has 2 aromatic carbocycles. The summed E-state index contributed by atoms with van der Waals surface area (Å²) in [5.74, 6) is 0.367. The van der Waals surface area contributed by atoms with Crippen LogP contribution in [0.4, 0.5) is 0 Å². The summed E-state index contributed by atoms with van der Waals surface area (Å²) < 4.78 is 11.1. The molecule has 2 N–H and O–H groups in total. The molecule has 0 aliphatic carbocycles. The zero-order valence-corrected chi connectivity index (χ0v) is 16.2. The van der Waals surface area contributed by atoms with Crippen LogP contribution >= 0.6 is 0 Å². The molecule has 0 aliphatic rings. The Morgan fingerprint density at radius 3 is 2.22 bits per heavy atom. The standard InChI is InChI=1S/C21H26N2O4/c1-5-17-9-11-18(12-10-17)27-16(4)21(25)23-22-19(24)13-26-20-14(2)7-6-8-15(20)3/h6-12,16H,5,13H2,1-4H3,(H,22,24)(H,23,25)/t16-/m1/s1. The Morgan fingerprint density at radius 2 is 1.63 bits per heavy atom. The van der Waals surface area contributed by atoms with E-state index in [1.807, 2.05) is 56.3 Å². The monoisotopic (exact) mass is 370 g/mol. The van der Waals surface area contributed by atoms with E-state index in [0.29, 0.717) is 11.5 Å². The summed E-state index contributed by atoms with van der Waals surface area (Å²) >= 11 is 0. The smallest absolute Gasteiger partial charge is 0.279 e. The number of amides is 2. The lowest BCUT2D eigenvalue weighted by atomic mass is 10.1. The lowest BCUT2D eigenvalue weighted by molar-refractivity contribution is -0.133. The summed E-state index contributed by atoms with van der Waals surface area (Å²) in [4.78, 5) is 24.0. The van der Waals surface area contributed by atoms with E-state index in [4.69, 9.17) is 9.47 Å². The van der Waals surface area contributed by atoms with E-state index < -0.39 is 17.9 Å². The van der Waals surface area contributed by atoms with Crippen molar-refractivity contribution in [2.45, 2.75) is 40.2 Å². The molecule has 2 amide bonds. The highest BCUT2D eigenvalue weighted by Crippen LogP contribution is 2.22. The highest BCUT2D eigenvalue weighted by molar-refractivity contribution is 5.85. The number of nitrogens with one attached hydrogen (secondary N) is 2. The van der Waals surface area contributed by atoms with Crippen LogP contribution in [0, 0.1) is 13.8 Å². The highest BCUT2D eigenvalue weighted by atomic mass is 16.5. The number of hydrazine groups is 1. The van der Waals surface area contributed by atoms with E-state index in [0.717, 1.165) is 17.5 Å². The van der Waals surface area contributed by atoms with Gasteiger partial charge in [-0.05, 0) is 56.0 Å². The van der Waals surface area contributed by atoms with Crippen LogP contribution in [-0.2, 0) is 16.0 Å². The van der Waals surface area contributed by atoms with Crippen molar-refractivity contribution in [1.29, 1.82) is 0 Å². The van der Waals surface area contributed by atoms with E-state index in [-0.39, 0.29) is 6.61 Å². The summed E-state index contributed by atoms with van der Waals surface area (Å²) in [6.07, 6.45) is 0.184. The Hall–Kier alpha value is -3.02. The Bertz CT molecular complexity index is 767. The molecule has 0 bridgehead atoms. The molecule has 6 heteroatoms. The summed E-state index contributed by atoms with van der Waals surface area (Å²) in [5, 5.41) is 0. The molecule has 144 valence electrons. The summed E-state index contributed by atoms with van der Waals surface area (Å²) in [6.45, 7) is 7.31. The minimum Gasteiger partial charge on any atom is -0.483 e. The van der Waals surface area contributed by atoms with Gasteiger partial charge in [-0.25, -0.2) is 0 Å². The number of para-hydroxylation sites is 1. The molecule has 0 aromatic heterocycles. The van der Waals surface area contributed by atoms with Gasteiger partial charge in [-0.1, -0.05) is 37.3 Å². The fourth-order valence-corrected chi connectivity index (χ4v) is 2.49. The molecular weight excluding hydrogens is 344 g/mol. The van der Waals surface area contributed by atoms with Crippen LogP contribution in [-0.4, -0.2) is 24.5 Å². The zero-order chi connectivity index (χ0) is 19.8. The summed E-state index contributed by atoms with van der Waals surface area (Å²) in [6, 6.07) is 13.3. The molecule has 0 fully saturated rings. The fourth-order valence-electron chi connectivity index (χ4n) is 2.49. The third-order valence-corrected chi connectivity index (χ3v) is 4.10. The highest BCUT2D eigenvalue weighted by Gasteiger charge is 2.16. The number of aryl methyl sites for hydroxylation is 3. The molecule has 0 saturated heterocycles.